The predicted octanol–water partition coefficient (Wildman–Crippen LogP) is 3.01. The zero-order valence-corrected chi connectivity index (χ0v) is 10.1. The van der Waals surface area contributed by atoms with Crippen molar-refractivity contribution in [1.29, 1.82) is 0 Å². The highest BCUT2D eigenvalue weighted by Crippen LogP contribution is 2.26. The summed E-state index contributed by atoms with van der Waals surface area (Å²) in [5, 5.41) is 0. The van der Waals surface area contributed by atoms with E-state index in [9.17, 15) is 8.42 Å². The molecule has 1 N–H and O–H groups in total. The van der Waals surface area contributed by atoms with E-state index >= 15 is 0 Å². The first-order valence-corrected chi connectivity index (χ1v) is 7.64. The van der Waals surface area contributed by atoms with Crippen molar-refractivity contribution in [2.45, 2.75) is 57.8 Å². The van der Waals surface area contributed by atoms with Crippen LogP contribution >= 0.6 is 0 Å². The van der Waals surface area contributed by atoms with Crippen LogP contribution in [0.5, 0.6) is 0 Å². The van der Waals surface area contributed by atoms with Gasteiger partial charge in [0.15, 0.2) is 0 Å². The zero-order valence-electron chi connectivity index (χ0n) is 9.32. The minimum absolute atomic E-state index is 0.0697. The molecule has 1 fully saturated rings. The summed E-state index contributed by atoms with van der Waals surface area (Å²) in [6, 6.07) is 0. The fraction of sp³-hybridized carbons (Fsp3) is 1.00. The lowest BCUT2D eigenvalue weighted by Crippen LogP contribution is -2.05. The normalized spacial score (nSPS) is 20.1. The minimum Gasteiger partial charge on any atom is -0.286 e. The summed E-state index contributed by atoms with van der Waals surface area (Å²) < 4.78 is 29.6. The molecular formula is C11H22O3S. The van der Waals surface area contributed by atoms with Gasteiger partial charge < -0.3 is 0 Å². The van der Waals surface area contributed by atoms with E-state index in [0.717, 1.165) is 18.8 Å². The fourth-order valence-electron chi connectivity index (χ4n) is 2.37. The molecule has 4 heteroatoms. The van der Waals surface area contributed by atoms with Crippen molar-refractivity contribution >= 4 is 10.1 Å². The van der Waals surface area contributed by atoms with E-state index in [4.69, 9.17) is 4.55 Å². The monoisotopic (exact) mass is 234 g/mol. The van der Waals surface area contributed by atoms with E-state index in [1.807, 2.05) is 0 Å². The van der Waals surface area contributed by atoms with Crippen molar-refractivity contribution in [2.75, 3.05) is 5.75 Å². The van der Waals surface area contributed by atoms with Crippen LogP contribution in [0.25, 0.3) is 0 Å². The lowest BCUT2D eigenvalue weighted by Gasteiger charge is -2.12. The van der Waals surface area contributed by atoms with Gasteiger partial charge in [0.05, 0.1) is 5.75 Å². The molecule has 3 nitrogen and oxygen atoms in total. The van der Waals surface area contributed by atoms with Gasteiger partial charge in [0.1, 0.15) is 0 Å². The van der Waals surface area contributed by atoms with E-state index < -0.39 is 10.1 Å². The molecular weight excluding hydrogens is 212 g/mol. The molecule has 1 rings (SSSR count). The smallest absolute Gasteiger partial charge is 0.264 e. The minimum atomic E-state index is -3.73. The SMILES string of the molecule is O=S(=O)(O)CCCCC1CCCCCC1. The third-order valence-corrected chi connectivity index (χ3v) is 4.04. The Labute approximate surface area is 93.0 Å². The molecule has 0 spiro atoms. The van der Waals surface area contributed by atoms with E-state index in [1.54, 1.807) is 0 Å². The van der Waals surface area contributed by atoms with Crippen molar-refractivity contribution in [3.05, 3.63) is 0 Å². The highest BCUT2D eigenvalue weighted by atomic mass is 32.2. The molecule has 1 aliphatic rings. The molecule has 90 valence electrons. The Hall–Kier alpha value is -0.0900. The molecule has 15 heavy (non-hydrogen) atoms. The van der Waals surface area contributed by atoms with Gasteiger partial charge in [0, 0.05) is 0 Å². The summed E-state index contributed by atoms with van der Waals surface area (Å²) in [6.45, 7) is 0. The molecule has 0 bridgehead atoms. The molecule has 0 saturated heterocycles. The topological polar surface area (TPSA) is 54.4 Å². The predicted molar refractivity (Wildman–Crippen MR) is 61.5 cm³/mol. The molecule has 0 aromatic carbocycles. The summed E-state index contributed by atoms with van der Waals surface area (Å²) in [7, 11) is -3.73. The van der Waals surface area contributed by atoms with Gasteiger partial charge in [0.2, 0.25) is 0 Å². The molecule has 0 heterocycles. The fourth-order valence-corrected chi connectivity index (χ4v) is 2.94. The van der Waals surface area contributed by atoms with Crippen molar-refractivity contribution in [1.82, 2.24) is 0 Å². The van der Waals surface area contributed by atoms with Crippen molar-refractivity contribution in [2.24, 2.45) is 5.92 Å². The summed E-state index contributed by atoms with van der Waals surface area (Å²) >= 11 is 0. The number of hydrogen-bond donors (Lipinski definition) is 1. The van der Waals surface area contributed by atoms with Crippen molar-refractivity contribution in [3.8, 4) is 0 Å². The van der Waals surface area contributed by atoms with Gasteiger partial charge in [-0.15, -0.1) is 0 Å². The molecule has 0 aromatic rings. The van der Waals surface area contributed by atoms with Gasteiger partial charge in [-0.05, 0) is 12.3 Å². The lowest BCUT2D eigenvalue weighted by atomic mass is 9.94. The van der Waals surface area contributed by atoms with E-state index in [-0.39, 0.29) is 5.75 Å². The Morgan fingerprint density at radius 1 is 1.00 bits per heavy atom. The second kappa shape index (κ2) is 6.48. The highest BCUT2D eigenvalue weighted by molar-refractivity contribution is 7.85. The van der Waals surface area contributed by atoms with E-state index in [0.29, 0.717) is 6.42 Å². The maximum absolute atomic E-state index is 10.5. The molecule has 0 amide bonds. The van der Waals surface area contributed by atoms with Crippen LogP contribution in [0.1, 0.15) is 57.8 Å². The average Bonchev–Trinajstić information content (AvgIpc) is 2.39. The molecule has 0 aliphatic heterocycles. The van der Waals surface area contributed by atoms with Gasteiger partial charge in [-0.3, -0.25) is 4.55 Å². The Morgan fingerprint density at radius 3 is 2.13 bits per heavy atom. The second-order valence-corrected chi connectivity index (χ2v) is 6.21. The molecule has 0 aromatic heterocycles. The van der Waals surface area contributed by atoms with Crippen LogP contribution < -0.4 is 0 Å². The first kappa shape index (κ1) is 13.0. The summed E-state index contributed by atoms with van der Waals surface area (Å²) in [4.78, 5) is 0. The van der Waals surface area contributed by atoms with Gasteiger partial charge in [-0.25, -0.2) is 0 Å². The Balaban J connectivity index is 2.08. The third kappa shape index (κ3) is 6.90. The maximum Gasteiger partial charge on any atom is 0.264 e. The number of rotatable bonds is 5. The Morgan fingerprint density at radius 2 is 1.60 bits per heavy atom. The molecule has 0 atom stereocenters. The first-order chi connectivity index (χ1) is 7.08. The summed E-state index contributed by atoms with van der Waals surface area (Å²) in [6.07, 6.45) is 10.7. The summed E-state index contributed by atoms with van der Waals surface area (Å²) in [5.74, 6) is 0.730. The standard InChI is InChI=1S/C11H22O3S/c12-15(13,14)10-6-5-9-11-7-3-1-2-4-8-11/h11H,1-10H2,(H,12,13,14). The first-order valence-electron chi connectivity index (χ1n) is 6.03. The molecule has 1 aliphatic carbocycles. The largest absolute Gasteiger partial charge is 0.286 e. The zero-order chi connectivity index (χ0) is 11.1. The van der Waals surface area contributed by atoms with Crippen LogP contribution in [-0.2, 0) is 10.1 Å². The van der Waals surface area contributed by atoms with Crippen LogP contribution in [0, 0.1) is 5.92 Å². The molecule has 0 unspecified atom stereocenters. The second-order valence-electron chi connectivity index (χ2n) is 4.64. The third-order valence-electron chi connectivity index (χ3n) is 3.24. The van der Waals surface area contributed by atoms with Crippen molar-refractivity contribution in [3.63, 3.8) is 0 Å². The maximum atomic E-state index is 10.5. The van der Waals surface area contributed by atoms with Crippen LogP contribution in [0.3, 0.4) is 0 Å². The number of unbranched alkanes of at least 4 members (excludes halogenated alkanes) is 1. The van der Waals surface area contributed by atoms with Crippen LogP contribution in [0.15, 0.2) is 0 Å². The highest BCUT2D eigenvalue weighted by Gasteiger charge is 2.12. The van der Waals surface area contributed by atoms with Crippen LogP contribution in [-0.4, -0.2) is 18.7 Å². The number of hydrogen-bond acceptors (Lipinski definition) is 2. The van der Waals surface area contributed by atoms with Gasteiger partial charge in [-0.1, -0.05) is 51.4 Å². The lowest BCUT2D eigenvalue weighted by molar-refractivity contribution is 0.411. The quantitative estimate of drug-likeness (QED) is 0.452. The Kier molecular flexibility index (Phi) is 5.61. The van der Waals surface area contributed by atoms with E-state index in [1.165, 1.54) is 38.5 Å². The van der Waals surface area contributed by atoms with Crippen LogP contribution in [0.4, 0.5) is 0 Å². The van der Waals surface area contributed by atoms with E-state index in [2.05, 4.69) is 0 Å². The van der Waals surface area contributed by atoms with Crippen molar-refractivity contribution < 1.29 is 13.0 Å². The Bertz CT molecular complexity index is 251. The average molecular weight is 234 g/mol. The molecule has 0 radical (unpaired) electrons. The molecule has 1 saturated carbocycles. The summed E-state index contributed by atoms with van der Waals surface area (Å²) in [5.41, 5.74) is 0. The van der Waals surface area contributed by atoms with Gasteiger partial charge in [-0.2, -0.15) is 8.42 Å². The van der Waals surface area contributed by atoms with Gasteiger partial charge in [0.25, 0.3) is 10.1 Å². The van der Waals surface area contributed by atoms with Crippen LogP contribution in [0.2, 0.25) is 0 Å². The van der Waals surface area contributed by atoms with Gasteiger partial charge >= 0.3 is 0 Å².